The number of benzene rings is 1. The summed E-state index contributed by atoms with van der Waals surface area (Å²) < 4.78 is 65.3. The summed E-state index contributed by atoms with van der Waals surface area (Å²) in [6.45, 7) is 3.37. The fourth-order valence-electron chi connectivity index (χ4n) is 5.38. The lowest BCUT2D eigenvalue weighted by Crippen LogP contribution is -2.63. The molecule has 3 N–H and O–H groups in total. The van der Waals surface area contributed by atoms with Crippen molar-refractivity contribution in [1.82, 2.24) is 24.9 Å². The normalized spacial score (nSPS) is 22.4. The molecule has 2 aliphatic rings. The number of nitrogens with one attached hydrogen (secondary N) is 3. The van der Waals surface area contributed by atoms with Crippen molar-refractivity contribution in [1.29, 1.82) is 0 Å². The molecule has 0 radical (unpaired) electrons. The Morgan fingerprint density at radius 3 is 2.49 bits per heavy atom. The van der Waals surface area contributed by atoms with Gasteiger partial charge in [-0.2, -0.15) is 13.2 Å². The van der Waals surface area contributed by atoms with Crippen LogP contribution in [0.15, 0.2) is 24.5 Å². The van der Waals surface area contributed by atoms with Crippen molar-refractivity contribution in [2.75, 3.05) is 31.2 Å². The zero-order chi connectivity index (χ0) is 26.8. The van der Waals surface area contributed by atoms with Crippen molar-refractivity contribution >= 4 is 32.7 Å². The van der Waals surface area contributed by atoms with Gasteiger partial charge >= 0.3 is 6.18 Å². The summed E-state index contributed by atoms with van der Waals surface area (Å²) in [7, 11) is -3.23. The Kier molecular flexibility index (Phi) is 8.24. The summed E-state index contributed by atoms with van der Waals surface area (Å²) in [6.07, 6.45) is 2.64. The molecule has 1 aliphatic carbocycles. The highest BCUT2D eigenvalue weighted by molar-refractivity contribution is 7.88. The number of rotatable bonds is 9. The highest BCUT2D eigenvalue weighted by atomic mass is 32.2. The number of nitrogens with zero attached hydrogens (tertiary/aromatic N) is 3. The Morgan fingerprint density at radius 1 is 1.16 bits per heavy atom. The summed E-state index contributed by atoms with van der Waals surface area (Å²) in [4.78, 5) is 22.8. The van der Waals surface area contributed by atoms with Crippen LogP contribution < -0.4 is 15.4 Å². The molecule has 37 heavy (non-hydrogen) atoms. The summed E-state index contributed by atoms with van der Waals surface area (Å²) in [5.41, 5.74) is -0.449. The van der Waals surface area contributed by atoms with Gasteiger partial charge in [0.25, 0.3) is 0 Å². The fraction of sp³-hybridized carbons (Fsp3) is 0.625. The maximum Gasteiger partial charge on any atom is 0.416 e. The summed E-state index contributed by atoms with van der Waals surface area (Å²) in [5, 5.41) is 6.00. The van der Waals surface area contributed by atoms with Crippen LogP contribution in [0.3, 0.4) is 0 Å². The molecule has 1 saturated carbocycles. The zero-order valence-electron chi connectivity index (χ0n) is 20.9. The van der Waals surface area contributed by atoms with E-state index in [0.29, 0.717) is 17.5 Å². The Labute approximate surface area is 214 Å². The summed E-state index contributed by atoms with van der Waals surface area (Å²) >= 11 is 0. The molecule has 1 amide bonds. The summed E-state index contributed by atoms with van der Waals surface area (Å²) in [5.74, 6) is 0.252. The quantitative estimate of drug-likeness (QED) is 0.446. The molecular formula is C24H33F3N6O3S. The van der Waals surface area contributed by atoms with Crippen molar-refractivity contribution in [2.24, 2.45) is 5.92 Å². The van der Waals surface area contributed by atoms with Crippen LogP contribution in [0.2, 0.25) is 0 Å². The van der Waals surface area contributed by atoms with Gasteiger partial charge in [0.15, 0.2) is 0 Å². The molecule has 0 bridgehead atoms. The average Bonchev–Trinajstić information content (AvgIpc) is 2.82. The van der Waals surface area contributed by atoms with Crippen molar-refractivity contribution in [3.8, 4) is 0 Å². The van der Waals surface area contributed by atoms with Gasteiger partial charge in [-0.25, -0.2) is 23.1 Å². The Bertz CT molecular complexity index is 1210. The zero-order valence-corrected chi connectivity index (χ0v) is 21.7. The first kappa shape index (κ1) is 27.5. The molecule has 13 heteroatoms. The van der Waals surface area contributed by atoms with Crippen LogP contribution in [-0.2, 0) is 21.0 Å². The van der Waals surface area contributed by atoms with Gasteiger partial charge in [-0.1, -0.05) is 6.92 Å². The van der Waals surface area contributed by atoms with E-state index in [-0.39, 0.29) is 35.7 Å². The highest BCUT2D eigenvalue weighted by Gasteiger charge is 2.37. The molecule has 2 aromatic rings. The van der Waals surface area contributed by atoms with E-state index in [2.05, 4.69) is 30.2 Å². The second kappa shape index (κ2) is 11.1. The third-order valence-electron chi connectivity index (χ3n) is 7.29. The highest BCUT2D eigenvalue weighted by Crippen LogP contribution is 2.34. The van der Waals surface area contributed by atoms with Gasteiger partial charge in [-0.15, -0.1) is 0 Å². The van der Waals surface area contributed by atoms with Crippen LogP contribution in [0.1, 0.15) is 44.6 Å². The molecule has 2 fully saturated rings. The van der Waals surface area contributed by atoms with E-state index in [1.54, 1.807) is 0 Å². The second-order valence-electron chi connectivity index (χ2n) is 10.00. The smallest absolute Gasteiger partial charge is 0.360 e. The first-order chi connectivity index (χ1) is 17.4. The molecule has 1 saturated heterocycles. The number of aromatic nitrogens is 2. The lowest BCUT2D eigenvalue weighted by Gasteiger charge is -2.47. The molecule has 1 aromatic carbocycles. The number of sulfonamides is 1. The average molecular weight is 543 g/mol. The number of alkyl halides is 3. The Morgan fingerprint density at radius 2 is 1.86 bits per heavy atom. The number of fused-ring (bicyclic) bond motifs is 1. The molecule has 0 unspecified atom stereocenters. The van der Waals surface area contributed by atoms with E-state index in [1.807, 2.05) is 6.92 Å². The molecule has 9 nitrogen and oxygen atoms in total. The molecule has 0 spiro atoms. The van der Waals surface area contributed by atoms with Gasteiger partial charge in [-0.3, -0.25) is 9.69 Å². The number of amides is 1. The maximum atomic E-state index is 13.1. The standard InChI is InChI=1S/C24H33F3N6O3S/c1-3-20(32-37(2,35)36)15-4-7-18(8-5-15)33-12-17(13-33)31-22(34)11-28-23-19-10-16(24(25,26)27)6-9-21(19)29-14-30-23/h6,9-10,14-15,17-18,20,32H,3-5,7-8,11-13H2,1-2H3,(H,31,34)(H,28,29,30)/t15?,18?,20-/m0/s1. The van der Waals surface area contributed by atoms with E-state index in [1.165, 1.54) is 18.6 Å². The minimum absolute atomic E-state index is 0.0151. The molecule has 1 atom stereocenters. The van der Waals surface area contributed by atoms with Crippen molar-refractivity contribution < 1.29 is 26.4 Å². The van der Waals surface area contributed by atoms with Gasteiger partial charge in [0.2, 0.25) is 15.9 Å². The van der Waals surface area contributed by atoms with Crippen LogP contribution in [0, 0.1) is 5.92 Å². The predicted molar refractivity (Wildman–Crippen MR) is 134 cm³/mol. The van der Waals surface area contributed by atoms with E-state index in [9.17, 15) is 26.4 Å². The minimum Gasteiger partial charge on any atom is -0.360 e. The maximum absolute atomic E-state index is 13.1. The second-order valence-corrected chi connectivity index (χ2v) is 11.8. The SMILES string of the molecule is CC[C@H](NS(C)(=O)=O)C1CCC(N2CC(NC(=O)CNc3ncnc4ccc(C(F)(F)F)cc34)C2)CC1. The largest absolute Gasteiger partial charge is 0.416 e. The lowest BCUT2D eigenvalue weighted by atomic mass is 9.79. The van der Waals surface area contributed by atoms with E-state index in [0.717, 1.165) is 57.3 Å². The number of halogens is 3. The molecule has 4 rings (SSSR count). The van der Waals surface area contributed by atoms with Crippen LogP contribution in [0.25, 0.3) is 10.9 Å². The van der Waals surface area contributed by atoms with Crippen LogP contribution >= 0.6 is 0 Å². The third-order valence-corrected chi connectivity index (χ3v) is 8.02. The molecular weight excluding hydrogens is 509 g/mol. The van der Waals surface area contributed by atoms with E-state index in [4.69, 9.17) is 0 Å². The number of carbonyl (C=O) groups excluding carboxylic acids is 1. The van der Waals surface area contributed by atoms with Gasteiger partial charge in [0.05, 0.1) is 29.9 Å². The first-order valence-electron chi connectivity index (χ1n) is 12.5. The molecule has 204 valence electrons. The topological polar surface area (TPSA) is 116 Å². The summed E-state index contributed by atoms with van der Waals surface area (Å²) in [6, 6.07) is 3.64. The number of carbonyl (C=O) groups is 1. The number of likely N-dealkylation sites (tertiary alicyclic amines) is 1. The third kappa shape index (κ3) is 7.08. The van der Waals surface area contributed by atoms with Gasteiger partial charge < -0.3 is 10.6 Å². The van der Waals surface area contributed by atoms with Gasteiger partial charge in [0.1, 0.15) is 12.1 Å². The first-order valence-corrected chi connectivity index (χ1v) is 14.4. The van der Waals surface area contributed by atoms with Gasteiger partial charge in [-0.05, 0) is 56.2 Å². The molecule has 1 aliphatic heterocycles. The lowest BCUT2D eigenvalue weighted by molar-refractivity contribution is -0.137. The van der Waals surface area contributed by atoms with Crippen LogP contribution in [0.5, 0.6) is 0 Å². The van der Waals surface area contributed by atoms with Crippen molar-refractivity contribution in [2.45, 2.75) is 63.3 Å². The van der Waals surface area contributed by atoms with E-state index < -0.39 is 21.8 Å². The minimum atomic E-state index is -4.49. The Hall–Kier alpha value is -2.51. The Balaban J connectivity index is 1.22. The number of hydrogen-bond acceptors (Lipinski definition) is 7. The fourth-order valence-corrected chi connectivity index (χ4v) is 6.28. The van der Waals surface area contributed by atoms with Crippen LogP contribution in [-0.4, -0.2) is 73.2 Å². The monoisotopic (exact) mass is 542 g/mol. The van der Waals surface area contributed by atoms with Gasteiger partial charge in [0, 0.05) is 30.6 Å². The number of hydrogen-bond donors (Lipinski definition) is 3. The molecule has 1 aromatic heterocycles. The molecule has 2 heterocycles. The predicted octanol–water partition coefficient (Wildman–Crippen LogP) is 2.75. The van der Waals surface area contributed by atoms with Crippen LogP contribution in [0.4, 0.5) is 19.0 Å². The van der Waals surface area contributed by atoms with E-state index >= 15 is 0 Å². The number of anilines is 1. The van der Waals surface area contributed by atoms with Crippen molar-refractivity contribution in [3.05, 3.63) is 30.1 Å². The van der Waals surface area contributed by atoms with Crippen molar-refractivity contribution in [3.63, 3.8) is 0 Å².